The maximum atomic E-state index is 14.4. The average molecular weight is 569 g/mol. The summed E-state index contributed by atoms with van der Waals surface area (Å²) in [6.07, 6.45) is 7.53. The van der Waals surface area contributed by atoms with Gasteiger partial charge in [-0.1, -0.05) is 49.1 Å². The smallest absolute Gasteiger partial charge is 0.241 e. The molecule has 2 aliphatic heterocycles. The second-order valence-electron chi connectivity index (χ2n) is 12.8. The van der Waals surface area contributed by atoms with E-state index in [1.54, 1.807) is 54.5 Å². The molecule has 8 heteroatoms. The van der Waals surface area contributed by atoms with Gasteiger partial charge in [-0.25, -0.2) is 4.90 Å². The fourth-order valence-corrected chi connectivity index (χ4v) is 8.80. The minimum atomic E-state index is -1.21. The van der Waals surface area contributed by atoms with Gasteiger partial charge in [0.25, 0.3) is 0 Å². The van der Waals surface area contributed by atoms with Gasteiger partial charge < -0.3 is 9.84 Å². The molecule has 4 amide bonds. The summed E-state index contributed by atoms with van der Waals surface area (Å²) < 4.78 is 5.50. The van der Waals surface area contributed by atoms with Gasteiger partial charge in [0, 0.05) is 17.5 Å². The van der Waals surface area contributed by atoms with E-state index in [2.05, 4.69) is 0 Å². The van der Waals surface area contributed by atoms with Gasteiger partial charge in [0.1, 0.15) is 11.5 Å². The largest absolute Gasteiger partial charge is 0.508 e. The number of carbonyl (C=O) groups is 4. The SMILES string of the molecule is COc1ccc(O)c(C2C3=CCC4C(=O)N(C5CCCCC5)C(=O)C4C3CC3C(=O)N(c4ccccc4)C(=O)C32C)c1. The number of phenols is 1. The van der Waals surface area contributed by atoms with Crippen LogP contribution in [0.15, 0.2) is 60.2 Å². The number of benzene rings is 2. The number of ether oxygens (including phenoxy) is 1. The van der Waals surface area contributed by atoms with Crippen molar-refractivity contribution in [2.75, 3.05) is 12.0 Å². The van der Waals surface area contributed by atoms with Gasteiger partial charge in [-0.2, -0.15) is 0 Å². The van der Waals surface area contributed by atoms with E-state index >= 15 is 0 Å². The highest BCUT2D eigenvalue weighted by atomic mass is 16.5. The van der Waals surface area contributed by atoms with E-state index in [9.17, 15) is 24.3 Å². The Morgan fingerprint density at radius 1 is 0.905 bits per heavy atom. The molecule has 0 bridgehead atoms. The monoisotopic (exact) mass is 568 g/mol. The standard InChI is InChI=1S/C34H36N2O6/c1-34-26(31(39)36(33(34)41)20-11-7-4-8-12-20)18-24-22(29(34)25-17-21(42-2)13-16-27(25)37)14-15-23-28(24)32(40)35(30(23)38)19-9-5-3-6-10-19/h4,7-8,11-14,16-17,19,23-24,26,28-29,37H,3,5-6,9-10,15,18H2,1-2H3. The molecule has 1 N–H and O–H groups in total. The van der Waals surface area contributed by atoms with Gasteiger partial charge >= 0.3 is 0 Å². The van der Waals surface area contributed by atoms with Crippen molar-refractivity contribution in [3.05, 3.63) is 65.7 Å². The third kappa shape index (κ3) is 3.66. The van der Waals surface area contributed by atoms with Gasteiger partial charge in [-0.3, -0.25) is 24.1 Å². The molecule has 3 aliphatic carbocycles. The molecular weight excluding hydrogens is 532 g/mol. The summed E-state index contributed by atoms with van der Waals surface area (Å²) in [5.41, 5.74) is 0.650. The number of rotatable bonds is 4. The number of amides is 4. The van der Waals surface area contributed by atoms with Crippen LogP contribution in [0.2, 0.25) is 0 Å². The van der Waals surface area contributed by atoms with E-state index in [0.717, 1.165) is 37.7 Å². The van der Waals surface area contributed by atoms with Crippen molar-refractivity contribution in [3.63, 3.8) is 0 Å². The lowest BCUT2D eigenvalue weighted by molar-refractivity contribution is -0.144. The molecular formula is C34H36N2O6. The number of phenolic OH excluding ortho intramolecular Hbond substituents is 1. The number of anilines is 1. The van der Waals surface area contributed by atoms with Crippen LogP contribution in [0.25, 0.3) is 0 Å². The van der Waals surface area contributed by atoms with E-state index in [0.29, 0.717) is 29.8 Å². The number of carbonyl (C=O) groups excluding carboxylic acids is 4. The van der Waals surface area contributed by atoms with Crippen LogP contribution in [0.4, 0.5) is 5.69 Å². The van der Waals surface area contributed by atoms with Crippen molar-refractivity contribution in [2.24, 2.45) is 29.1 Å². The summed E-state index contributed by atoms with van der Waals surface area (Å²) in [7, 11) is 1.54. The summed E-state index contributed by atoms with van der Waals surface area (Å²) in [6.45, 7) is 1.82. The average Bonchev–Trinajstić information content (AvgIpc) is 3.38. The zero-order valence-electron chi connectivity index (χ0n) is 24.0. The number of methoxy groups -OCH3 is 1. The first-order valence-electron chi connectivity index (χ1n) is 15.1. The zero-order valence-corrected chi connectivity index (χ0v) is 24.0. The van der Waals surface area contributed by atoms with Crippen LogP contribution in [0.3, 0.4) is 0 Å². The molecule has 2 heterocycles. The third-order valence-corrected chi connectivity index (χ3v) is 10.8. The highest BCUT2D eigenvalue weighted by Crippen LogP contribution is 2.64. The van der Waals surface area contributed by atoms with Crippen LogP contribution >= 0.6 is 0 Å². The third-order valence-electron chi connectivity index (χ3n) is 10.8. The highest BCUT2D eigenvalue weighted by Gasteiger charge is 2.68. The van der Waals surface area contributed by atoms with Crippen LogP contribution < -0.4 is 9.64 Å². The van der Waals surface area contributed by atoms with Crippen molar-refractivity contribution in [2.45, 2.75) is 63.8 Å². The van der Waals surface area contributed by atoms with E-state index in [-0.39, 0.29) is 35.4 Å². The molecule has 2 saturated heterocycles. The Morgan fingerprint density at radius 2 is 1.64 bits per heavy atom. The lowest BCUT2D eigenvalue weighted by Gasteiger charge is -2.49. The molecule has 2 aromatic rings. The van der Waals surface area contributed by atoms with Crippen molar-refractivity contribution >= 4 is 29.3 Å². The molecule has 42 heavy (non-hydrogen) atoms. The summed E-state index contributed by atoms with van der Waals surface area (Å²) in [6, 6.07) is 13.8. The first-order valence-corrected chi connectivity index (χ1v) is 15.1. The maximum Gasteiger partial charge on any atom is 0.241 e. The van der Waals surface area contributed by atoms with Crippen molar-refractivity contribution < 1.29 is 29.0 Å². The molecule has 0 spiro atoms. The Bertz CT molecular complexity index is 1510. The van der Waals surface area contributed by atoms with Crippen molar-refractivity contribution in [1.29, 1.82) is 0 Å². The number of imide groups is 2. The number of para-hydroxylation sites is 1. The molecule has 6 atom stereocenters. The van der Waals surface area contributed by atoms with Crippen LogP contribution in [-0.2, 0) is 19.2 Å². The second-order valence-corrected chi connectivity index (χ2v) is 12.8. The number of nitrogens with zero attached hydrogens (tertiary/aromatic N) is 2. The predicted octanol–water partition coefficient (Wildman–Crippen LogP) is 4.96. The first-order chi connectivity index (χ1) is 20.3. The minimum absolute atomic E-state index is 0.000477. The van der Waals surface area contributed by atoms with Crippen molar-refractivity contribution in [3.8, 4) is 11.5 Å². The molecule has 6 unspecified atom stereocenters. The van der Waals surface area contributed by atoms with Crippen molar-refractivity contribution in [1.82, 2.24) is 4.90 Å². The Balaban J connectivity index is 1.37. The maximum absolute atomic E-state index is 14.4. The van der Waals surface area contributed by atoms with E-state index < -0.39 is 35.0 Å². The van der Waals surface area contributed by atoms with E-state index in [1.165, 1.54) is 4.90 Å². The van der Waals surface area contributed by atoms with Gasteiger partial charge in [0.05, 0.1) is 36.0 Å². The fraction of sp³-hybridized carbons (Fsp3) is 0.471. The number of hydrogen-bond donors (Lipinski definition) is 1. The number of likely N-dealkylation sites (tertiary alicyclic amines) is 1. The molecule has 0 radical (unpaired) electrons. The van der Waals surface area contributed by atoms with Gasteiger partial charge in [-0.15, -0.1) is 0 Å². The quantitative estimate of drug-likeness (QED) is 0.413. The normalized spacial score (nSPS) is 32.9. The summed E-state index contributed by atoms with van der Waals surface area (Å²) in [5.74, 6) is -3.17. The number of allylic oxidation sites excluding steroid dienone is 2. The highest BCUT2D eigenvalue weighted by molar-refractivity contribution is 6.24. The Hall–Kier alpha value is -3.94. The van der Waals surface area contributed by atoms with E-state index in [1.807, 2.05) is 19.1 Å². The molecule has 218 valence electrons. The van der Waals surface area contributed by atoms with E-state index in [4.69, 9.17) is 4.74 Å². The first kappa shape index (κ1) is 26.9. The van der Waals surface area contributed by atoms with Gasteiger partial charge in [-0.05, 0) is 68.9 Å². The molecule has 2 saturated carbocycles. The topological polar surface area (TPSA) is 104 Å². The zero-order chi connectivity index (χ0) is 29.3. The van der Waals surface area contributed by atoms with Gasteiger partial charge in [0.2, 0.25) is 23.6 Å². The molecule has 5 aliphatic rings. The summed E-state index contributed by atoms with van der Waals surface area (Å²) in [4.78, 5) is 59.4. The second kappa shape index (κ2) is 9.82. The number of hydrogen-bond acceptors (Lipinski definition) is 6. The van der Waals surface area contributed by atoms with Gasteiger partial charge in [0.15, 0.2) is 0 Å². The lowest BCUT2D eigenvalue weighted by Crippen LogP contribution is -2.49. The molecule has 2 aromatic carbocycles. The van der Waals surface area contributed by atoms with Crippen LogP contribution in [0.1, 0.15) is 63.4 Å². The minimum Gasteiger partial charge on any atom is -0.508 e. The molecule has 0 aromatic heterocycles. The van der Waals surface area contributed by atoms with Crippen LogP contribution in [0, 0.1) is 29.1 Å². The molecule has 7 rings (SSSR count). The van der Waals surface area contributed by atoms with Crippen LogP contribution in [0.5, 0.6) is 11.5 Å². The number of aromatic hydroxyl groups is 1. The summed E-state index contributed by atoms with van der Waals surface area (Å²) in [5, 5.41) is 11.2. The Morgan fingerprint density at radius 3 is 2.36 bits per heavy atom. The lowest BCUT2D eigenvalue weighted by atomic mass is 9.51. The molecule has 8 nitrogen and oxygen atoms in total. The Kier molecular flexibility index (Phi) is 6.29. The summed E-state index contributed by atoms with van der Waals surface area (Å²) >= 11 is 0. The molecule has 4 fully saturated rings. The Labute approximate surface area is 245 Å². The van der Waals surface area contributed by atoms with Crippen LogP contribution in [-0.4, -0.2) is 46.8 Å². The number of fused-ring (bicyclic) bond motifs is 4. The fourth-order valence-electron chi connectivity index (χ4n) is 8.80. The predicted molar refractivity (Wildman–Crippen MR) is 154 cm³/mol.